The molecular formula is C20H26N4O2. The number of carbonyl (C=O) groups is 1. The fourth-order valence-electron chi connectivity index (χ4n) is 3.26. The first-order valence-electron chi connectivity index (χ1n) is 9.10. The average molecular weight is 354 g/mol. The van der Waals surface area contributed by atoms with Gasteiger partial charge in [0.1, 0.15) is 11.6 Å². The van der Waals surface area contributed by atoms with Crippen LogP contribution in [0.15, 0.2) is 42.6 Å². The minimum atomic E-state index is 0.0325. The van der Waals surface area contributed by atoms with E-state index in [1.807, 2.05) is 49.2 Å². The second kappa shape index (κ2) is 8.67. The van der Waals surface area contributed by atoms with E-state index in [0.29, 0.717) is 23.9 Å². The third-order valence-electron chi connectivity index (χ3n) is 4.53. The summed E-state index contributed by atoms with van der Waals surface area (Å²) in [6, 6.07) is 11.3. The van der Waals surface area contributed by atoms with Crippen LogP contribution in [0.1, 0.15) is 23.7 Å². The lowest BCUT2D eigenvalue weighted by Crippen LogP contribution is -2.30. The number of nitrogens with one attached hydrogen (secondary N) is 2. The molecule has 26 heavy (non-hydrogen) atoms. The molecule has 1 unspecified atom stereocenters. The predicted octanol–water partition coefficient (Wildman–Crippen LogP) is 2.91. The van der Waals surface area contributed by atoms with Crippen LogP contribution in [-0.2, 0) is 0 Å². The molecule has 6 nitrogen and oxygen atoms in total. The van der Waals surface area contributed by atoms with Gasteiger partial charge in [-0.05, 0) is 69.3 Å². The fraction of sp³-hybridized carbons (Fsp3) is 0.400. The Morgan fingerprint density at radius 1 is 1.31 bits per heavy atom. The first-order valence-corrected chi connectivity index (χ1v) is 9.10. The number of anilines is 2. The van der Waals surface area contributed by atoms with Crippen molar-refractivity contribution in [2.24, 2.45) is 5.92 Å². The maximum absolute atomic E-state index is 13.0. The predicted molar refractivity (Wildman–Crippen MR) is 103 cm³/mol. The van der Waals surface area contributed by atoms with Gasteiger partial charge in [-0.25, -0.2) is 4.98 Å². The Morgan fingerprint density at radius 2 is 2.12 bits per heavy atom. The number of aromatic nitrogens is 1. The zero-order chi connectivity index (χ0) is 18.4. The third-order valence-corrected chi connectivity index (χ3v) is 4.53. The molecule has 138 valence electrons. The quantitative estimate of drug-likeness (QED) is 0.800. The number of pyridine rings is 1. The van der Waals surface area contributed by atoms with Crippen LogP contribution in [0, 0.1) is 5.92 Å². The van der Waals surface area contributed by atoms with Crippen LogP contribution in [0.25, 0.3) is 0 Å². The highest BCUT2D eigenvalue weighted by molar-refractivity contribution is 5.99. The van der Waals surface area contributed by atoms with Gasteiger partial charge in [0.05, 0.1) is 12.2 Å². The fourth-order valence-corrected chi connectivity index (χ4v) is 3.26. The molecule has 1 amide bonds. The van der Waals surface area contributed by atoms with E-state index in [4.69, 9.17) is 4.74 Å². The summed E-state index contributed by atoms with van der Waals surface area (Å²) in [7, 11) is 1.95. The second-order valence-corrected chi connectivity index (χ2v) is 6.45. The van der Waals surface area contributed by atoms with E-state index in [1.165, 1.54) is 0 Å². The van der Waals surface area contributed by atoms with Gasteiger partial charge in [-0.2, -0.15) is 0 Å². The Balaban J connectivity index is 1.72. The van der Waals surface area contributed by atoms with Crippen LogP contribution in [0.4, 0.5) is 11.5 Å². The summed E-state index contributed by atoms with van der Waals surface area (Å²) >= 11 is 0. The van der Waals surface area contributed by atoms with E-state index in [0.717, 1.165) is 37.5 Å². The largest absolute Gasteiger partial charge is 0.494 e. The minimum Gasteiger partial charge on any atom is -0.494 e. The highest BCUT2D eigenvalue weighted by Crippen LogP contribution is 2.24. The van der Waals surface area contributed by atoms with Gasteiger partial charge in [0.25, 0.3) is 5.91 Å². The number of nitrogens with zero attached hydrogens (tertiary/aromatic N) is 2. The van der Waals surface area contributed by atoms with Gasteiger partial charge in [0.2, 0.25) is 0 Å². The molecule has 1 aliphatic rings. The molecule has 6 heteroatoms. The molecule has 0 aliphatic carbocycles. The van der Waals surface area contributed by atoms with Crippen molar-refractivity contribution >= 4 is 17.4 Å². The Labute approximate surface area is 154 Å². The molecule has 1 aromatic carbocycles. The number of hydrogen-bond acceptors (Lipinski definition) is 5. The highest BCUT2D eigenvalue weighted by Gasteiger charge is 2.28. The van der Waals surface area contributed by atoms with Gasteiger partial charge in [-0.15, -0.1) is 0 Å². The molecule has 3 rings (SSSR count). The molecular weight excluding hydrogens is 328 g/mol. The van der Waals surface area contributed by atoms with Crippen molar-refractivity contribution < 1.29 is 9.53 Å². The number of likely N-dealkylation sites (tertiary alicyclic amines) is 1. The van der Waals surface area contributed by atoms with Crippen molar-refractivity contribution in [2.75, 3.05) is 38.6 Å². The van der Waals surface area contributed by atoms with Crippen LogP contribution in [-0.4, -0.2) is 49.1 Å². The summed E-state index contributed by atoms with van der Waals surface area (Å²) in [6.07, 6.45) is 2.73. The molecule has 2 aromatic rings. The number of carbonyl (C=O) groups excluding carboxylic acids is 1. The lowest BCUT2D eigenvalue weighted by atomic mass is 10.1. The molecule has 1 fully saturated rings. The van der Waals surface area contributed by atoms with Crippen LogP contribution in [0.2, 0.25) is 0 Å². The van der Waals surface area contributed by atoms with E-state index in [1.54, 1.807) is 12.3 Å². The number of amides is 1. The maximum Gasteiger partial charge on any atom is 0.257 e. The van der Waals surface area contributed by atoms with Crippen molar-refractivity contribution in [3.05, 3.63) is 48.2 Å². The SMILES string of the molecule is CCOc1ccc(Nc2ncccc2C(=O)N2CCC(CNC)C2)cc1. The molecule has 2 heterocycles. The molecule has 0 saturated carbocycles. The average Bonchev–Trinajstić information content (AvgIpc) is 3.12. The first kappa shape index (κ1) is 18.2. The molecule has 0 radical (unpaired) electrons. The molecule has 1 atom stereocenters. The standard InChI is InChI=1S/C20H26N4O2/c1-3-26-17-8-6-16(7-9-17)23-19-18(5-4-11-22-19)20(25)24-12-10-15(14-24)13-21-2/h4-9,11,15,21H,3,10,12-14H2,1-2H3,(H,22,23). The van der Waals surface area contributed by atoms with Gasteiger partial charge in [-0.3, -0.25) is 4.79 Å². The summed E-state index contributed by atoms with van der Waals surface area (Å²) in [4.78, 5) is 19.3. The second-order valence-electron chi connectivity index (χ2n) is 6.45. The zero-order valence-electron chi connectivity index (χ0n) is 15.4. The van der Waals surface area contributed by atoms with Gasteiger partial charge >= 0.3 is 0 Å². The van der Waals surface area contributed by atoms with E-state index in [2.05, 4.69) is 15.6 Å². The van der Waals surface area contributed by atoms with E-state index < -0.39 is 0 Å². The van der Waals surface area contributed by atoms with E-state index in [-0.39, 0.29) is 5.91 Å². The number of rotatable bonds is 7. The lowest BCUT2D eigenvalue weighted by Gasteiger charge is -2.18. The Bertz CT molecular complexity index is 733. The summed E-state index contributed by atoms with van der Waals surface area (Å²) in [5.41, 5.74) is 1.47. The van der Waals surface area contributed by atoms with Gasteiger partial charge in [0.15, 0.2) is 0 Å². The third kappa shape index (κ3) is 4.32. The van der Waals surface area contributed by atoms with Gasteiger partial charge in [0, 0.05) is 25.0 Å². The highest BCUT2D eigenvalue weighted by atomic mass is 16.5. The summed E-state index contributed by atoms with van der Waals surface area (Å²) in [5.74, 6) is 1.95. The van der Waals surface area contributed by atoms with E-state index >= 15 is 0 Å². The first-order chi connectivity index (χ1) is 12.7. The van der Waals surface area contributed by atoms with Crippen LogP contribution in [0.5, 0.6) is 5.75 Å². The Morgan fingerprint density at radius 3 is 2.85 bits per heavy atom. The van der Waals surface area contributed by atoms with E-state index in [9.17, 15) is 4.79 Å². The lowest BCUT2D eigenvalue weighted by molar-refractivity contribution is 0.0788. The number of hydrogen-bond donors (Lipinski definition) is 2. The zero-order valence-corrected chi connectivity index (χ0v) is 15.4. The summed E-state index contributed by atoms with van der Waals surface area (Å²) < 4.78 is 5.46. The van der Waals surface area contributed by atoms with Crippen LogP contribution < -0.4 is 15.4 Å². The Kier molecular flexibility index (Phi) is 6.07. The number of benzene rings is 1. The number of ether oxygens (including phenoxy) is 1. The molecule has 2 N–H and O–H groups in total. The normalized spacial score (nSPS) is 16.5. The van der Waals surface area contributed by atoms with Crippen molar-refractivity contribution in [3.8, 4) is 5.75 Å². The molecule has 1 aliphatic heterocycles. The monoisotopic (exact) mass is 354 g/mol. The summed E-state index contributed by atoms with van der Waals surface area (Å²) in [6.45, 7) is 5.11. The minimum absolute atomic E-state index is 0.0325. The van der Waals surface area contributed by atoms with Crippen LogP contribution in [0.3, 0.4) is 0 Å². The van der Waals surface area contributed by atoms with Crippen molar-refractivity contribution in [2.45, 2.75) is 13.3 Å². The molecule has 1 saturated heterocycles. The molecule has 0 bridgehead atoms. The van der Waals surface area contributed by atoms with Crippen molar-refractivity contribution in [1.29, 1.82) is 0 Å². The molecule has 0 spiro atoms. The van der Waals surface area contributed by atoms with Crippen LogP contribution >= 0.6 is 0 Å². The Hall–Kier alpha value is -2.60. The maximum atomic E-state index is 13.0. The van der Waals surface area contributed by atoms with Gasteiger partial charge < -0.3 is 20.3 Å². The topological polar surface area (TPSA) is 66.5 Å². The van der Waals surface area contributed by atoms with Gasteiger partial charge in [-0.1, -0.05) is 0 Å². The smallest absolute Gasteiger partial charge is 0.257 e. The van der Waals surface area contributed by atoms with Crippen molar-refractivity contribution in [1.82, 2.24) is 15.2 Å². The molecule has 1 aromatic heterocycles. The van der Waals surface area contributed by atoms with Crippen molar-refractivity contribution in [3.63, 3.8) is 0 Å². The summed E-state index contributed by atoms with van der Waals surface area (Å²) in [5, 5.41) is 6.45.